The number of ether oxygens (including phenoxy) is 1. The summed E-state index contributed by atoms with van der Waals surface area (Å²) >= 11 is 0. The molecule has 1 heterocycles. The highest BCUT2D eigenvalue weighted by Crippen LogP contribution is 2.27. The van der Waals surface area contributed by atoms with Crippen LogP contribution in [0.15, 0.2) is 77.7 Å². The first-order chi connectivity index (χ1) is 17.7. The number of halogens is 1. The average molecular weight is 526 g/mol. The SMILES string of the molecule is COc1ccc(C(=O)NC(C(=O)N2CCN(c3ccccc3S(C)(=O)=O)CC2)c2ccc(F)cc2)cc1. The van der Waals surface area contributed by atoms with Crippen molar-refractivity contribution in [1.29, 1.82) is 0 Å². The molecule has 4 rings (SSSR count). The number of piperazine rings is 1. The molecule has 3 aromatic rings. The van der Waals surface area contributed by atoms with E-state index in [9.17, 15) is 22.4 Å². The number of carbonyl (C=O) groups is 2. The summed E-state index contributed by atoms with van der Waals surface area (Å²) in [5.74, 6) is -0.636. The van der Waals surface area contributed by atoms with Gasteiger partial charge in [0.05, 0.1) is 17.7 Å². The topological polar surface area (TPSA) is 96.0 Å². The Morgan fingerprint density at radius 3 is 2.14 bits per heavy atom. The largest absolute Gasteiger partial charge is 0.497 e. The predicted octanol–water partition coefficient (Wildman–Crippen LogP) is 3.06. The van der Waals surface area contributed by atoms with Crippen LogP contribution < -0.4 is 15.0 Å². The molecule has 0 bridgehead atoms. The van der Waals surface area contributed by atoms with E-state index >= 15 is 0 Å². The number of anilines is 1. The molecule has 0 radical (unpaired) electrons. The minimum atomic E-state index is -3.42. The number of hydrogen-bond acceptors (Lipinski definition) is 6. The Labute approximate surface area is 215 Å². The molecule has 1 aliphatic heterocycles. The maximum Gasteiger partial charge on any atom is 0.252 e. The third kappa shape index (κ3) is 6.08. The Balaban J connectivity index is 1.52. The van der Waals surface area contributed by atoms with Gasteiger partial charge >= 0.3 is 0 Å². The number of nitrogens with one attached hydrogen (secondary N) is 1. The summed E-state index contributed by atoms with van der Waals surface area (Å²) in [5.41, 5.74) is 1.40. The van der Waals surface area contributed by atoms with E-state index in [0.29, 0.717) is 48.7 Å². The molecule has 1 unspecified atom stereocenters. The molecule has 0 aromatic heterocycles. The van der Waals surface area contributed by atoms with Crippen molar-refractivity contribution < 1.29 is 27.1 Å². The van der Waals surface area contributed by atoms with E-state index in [1.807, 2.05) is 4.90 Å². The summed E-state index contributed by atoms with van der Waals surface area (Å²) in [5, 5.41) is 2.79. The summed E-state index contributed by atoms with van der Waals surface area (Å²) < 4.78 is 43.2. The summed E-state index contributed by atoms with van der Waals surface area (Å²) in [6.45, 7) is 1.49. The molecule has 37 heavy (non-hydrogen) atoms. The van der Waals surface area contributed by atoms with E-state index in [2.05, 4.69) is 5.32 Å². The van der Waals surface area contributed by atoms with E-state index in [0.717, 1.165) is 0 Å². The van der Waals surface area contributed by atoms with Crippen LogP contribution in [0.1, 0.15) is 22.0 Å². The van der Waals surface area contributed by atoms with E-state index in [-0.39, 0.29) is 10.8 Å². The van der Waals surface area contributed by atoms with Gasteiger partial charge in [-0.05, 0) is 54.1 Å². The lowest BCUT2D eigenvalue weighted by molar-refractivity contribution is -0.133. The first-order valence-corrected chi connectivity index (χ1v) is 13.6. The molecule has 1 saturated heterocycles. The van der Waals surface area contributed by atoms with E-state index < -0.39 is 27.6 Å². The number of nitrogens with zero attached hydrogens (tertiary/aromatic N) is 2. The van der Waals surface area contributed by atoms with Crippen molar-refractivity contribution in [3.63, 3.8) is 0 Å². The molecule has 10 heteroatoms. The van der Waals surface area contributed by atoms with Gasteiger partial charge in [-0.15, -0.1) is 0 Å². The van der Waals surface area contributed by atoms with Crippen molar-refractivity contribution in [3.8, 4) is 5.75 Å². The fraction of sp³-hybridized carbons (Fsp3) is 0.259. The van der Waals surface area contributed by atoms with Gasteiger partial charge in [0.1, 0.15) is 17.6 Å². The van der Waals surface area contributed by atoms with Gasteiger partial charge in [0.15, 0.2) is 9.84 Å². The molecule has 194 valence electrons. The molecule has 3 aromatic carbocycles. The third-order valence-electron chi connectivity index (χ3n) is 6.27. The van der Waals surface area contributed by atoms with Crippen LogP contribution >= 0.6 is 0 Å². The smallest absolute Gasteiger partial charge is 0.252 e. The zero-order valence-electron chi connectivity index (χ0n) is 20.6. The number of carbonyl (C=O) groups excluding carboxylic acids is 2. The number of sulfone groups is 1. The molecule has 1 N–H and O–H groups in total. The van der Waals surface area contributed by atoms with Gasteiger partial charge in [0.2, 0.25) is 5.91 Å². The van der Waals surface area contributed by atoms with Crippen molar-refractivity contribution in [3.05, 3.63) is 89.7 Å². The molecular formula is C27H28FN3O5S. The quantitative estimate of drug-likeness (QED) is 0.510. The lowest BCUT2D eigenvalue weighted by Crippen LogP contribution is -2.52. The number of benzene rings is 3. The van der Waals surface area contributed by atoms with Crippen LogP contribution in [0.25, 0.3) is 0 Å². The van der Waals surface area contributed by atoms with Gasteiger partial charge in [0, 0.05) is 38.0 Å². The molecule has 8 nitrogen and oxygen atoms in total. The summed E-state index contributed by atoms with van der Waals surface area (Å²) in [7, 11) is -1.89. The van der Waals surface area contributed by atoms with E-state index in [1.165, 1.54) is 37.6 Å². The lowest BCUT2D eigenvalue weighted by Gasteiger charge is -2.38. The second-order valence-electron chi connectivity index (χ2n) is 8.74. The van der Waals surface area contributed by atoms with Crippen LogP contribution in [0.2, 0.25) is 0 Å². The van der Waals surface area contributed by atoms with Crippen LogP contribution in [0.3, 0.4) is 0 Å². The fourth-order valence-electron chi connectivity index (χ4n) is 4.28. The first-order valence-electron chi connectivity index (χ1n) is 11.7. The Kier molecular flexibility index (Phi) is 7.77. The predicted molar refractivity (Wildman–Crippen MR) is 138 cm³/mol. The monoisotopic (exact) mass is 525 g/mol. The highest BCUT2D eigenvalue weighted by Gasteiger charge is 2.31. The molecular weight excluding hydrogens is 497 g/mol. The molecule has 0 spiro atoms. The molecule has 2 amide bonds. The van der Waals surface area contributed by atoms with E-state index in [1.54, 1.807) is 53.4 Å². The number of para-hydroxylation sites is 1. The second-order valence-corrected chi connectivity index (χ2v) is 10.7. The number of rotatable bonds is 7. The Hall–Kier alpha value is -3.92. The maximum atomic E-state index is 13.6. The zero-order chi connectivity index (χ0) is 26.6. The summed E-state index contributed by atoms with van der Waals surface area (Å²) in [6, 6.07) is 17.7. The van der Waals surface area contributed by atoms with Crippen molar-refractivity contribution >= 4 is 27.3 Å². The van der Waals surface area contributed by atoms with Gasteiger partial charge in [0.25, 0.3) is 5.91 Å². The highest BCUT2D eigenvalue weighted by molar-refractivity contribution is 7.90. The number of methoxy groups -OCH3 is 1. The average Bonchev–Trinajstić information content (AvgIpc) is 2.91. The van der Waals surface area contributed by atoms with Crippen LogP contribution in [0.4, 0.5) is 10.1 Å². The maximum absolute atomic E-state index is 13.6. The van der Waals surface area contributed by atoms with Crippen LogP contribution in [-0.4, -0.2) is 64.7 Å². The Bertz CT molecular complexity index is 1370. The Morgan fingerprint density at radius 2 is 1.54 bits per heavy atom. The standard InChI is InChI=1S/C27H28FN3O5S/c1-36-22-13-9-20(10-14-22)26(32)29-25(19-7-11-21(28)12-8-19)27(33)31-17-15-30(16-18-31)23-5-3-4-6-24(23)37(2,34)35/h3-14,25H,15-18H2,1-2H3,(H,29,32). The number of amides is 2. The van der Waals surface area contributed by atoms with Crippen LogP contribution in [0, 0.1) is 5.82 Å². The van der Waals surface area contributed by atoms with Crippen LogP contribution in [-0.2, 0) is 14.6 Å². The second kappa shape index (κ2) is 11.0. The summed E-state index contributed by atoms with van der Waals surface area (Å²) in [4.78, 5) is 30.4. The first kappa shape index (κ1) is 26.2. The normalized spacial score (nSPS) is 14.7. The molecule has 1 fully saturated rings. The molecule has 0 aliphatic carbocycles. The fourth-order valence-corrected chi connectivity index (χ4v) is 5.18. The molecule has 1 atom stereocenters. The number of hydrogen-bond donors (Lipinski definition) is 1. The van der Waals surface area contributed by atoms with Crippen molar-refractivity contribution in [2.24, 2.45) is 0 Å². The minimum absolute atomic E-state index is 0.241. The van der Waals surface area contributed by atoms with Gasteiger partial charge in [-0.2, -0.15) is 0 Å². The minimum Gasteiger partial charge on any atom is -0.497 e. The Morgan fingerprint density at radius 1 is 0.919 bits per heavy atom. The highest BCUT2D eigenvalue weighted by atomic mass is 32.2. The molecule has 0 saturated carbocycles. The van der Waals surface area contributed by atoms with Gasteiger partial charge < -0.3 is 19.9 Å². The van der Waals surface area contributed by atoms with Gasteiger partial charge in [-0.3, -0.25) is 9.59 Å². The van der Waals surface area contributed by atoms with E-state index in [4.69, 9.17) is 4.74 Å². The van der Waals surface area contributed by atoms with Crippen molar-refractivity contribution in [2.45, 2.75) is 10.9 Å². The third-order valence-corrected chi connectivity index (χ3v) is 7.42. The zero-order valence-corrected chi connectivity index (χ0v) is 21.4. The summed E-state index contributed by atoms with van der Waals surface area (Å²) in [6.07, 6.45) is 1.17. The van der Waals surface area contributed by atoms with Gasteiger partial charge in [-0.1, -0.05) is 24.3 Å². The van der Waals surface area contributed by atoms with Crippen LogP contribution in [0.5, 0.6) is 5.75 Å². The molecule has 1 aliphatic rings. The lowest BCUT2D eigenvalue weighted by atomic mass is 10.0. The van der Waals surface area contributed by atoms with Crippen molar-refractivity contribution in [2.75, 3.05) is 44.4 Å². The van der Waals surface area contributed by atoms with Gasteiger partial charge in [-0.25, -0.2) is 12.8 Å². The van der Waals surface area contributed by atoms with Crippen molar-refractivity contribution in [1.82, 2.24) is 10.2 Å².